The lowest BCUT2D eigenvalue weighted by molar-refractivity contribution is -0.116. The molecule has 1 aromatic rings. The number of carbonyl (C=O) groups is 1. The van der Waals surface area contributed by atoms with E-state index in [1.807, 2.05) is 0 Å². The van der Waals surface area contributed by atoms with Gasteiger partial charge in [-0.1, -0.05) is 25.1 Å². The molecule has 0 aromatic heterocycles. The van der Waals surface area contributed by atoms with Crippen LogP contribution in [0, 0.1) is 5.82 Å². The van der Waals surface area contributed by atoms with Gasteiger partial charge in [0.05, 0.1) is 0 Å². The second-order valence-electron chi connectivity index (χ2n) is 4.40. The maximum absolute atomic E-state index is 13.8. The van der Waals surface area contributed by atoms with E-state index in [1.54, 1.807) is 26.8 Å². The average Bonchev–Trinajstić information content (AvgIpc) is 2.28. The van der Waals surface area contributed by atoms with E-state index in [1.165, 1.54) is 18.2 Å². The molecule has 0 spiro atoms. The van der Waals surface area contributed by atoms with Gasteiger partial charge in [-0.25, -0.2) is 9.18 Å². The van der Waals surface area contributed by atoms with E-state index in [2.05, 4.69) is 0 Å². The Morgan fingerprint density at radius 1 is 1.44 bits per heavy atom. The fourth-order valence-electron chi connectivity index (χ4n) is 2.08. The number of amides is 1. The van der Waals surface area contributed by atoms with E-state index < -0.39 is 23.7 Å². The van der Waals surface area contributed by atoms with Crippen molar-refractivity contribution in [2.24, 2.45) is 0 Å². The predicted octanol–water partition coefficient (Wildman–Crippen LogP) is 2.77. The largest absolute Gasteiger partial charge is 0.465 e. The first-order chi connectivity index (χ1) is 8.34. The fourth-order valence-corrected chi connectivity index (χ4v) is 2.08. The highest BCUT2D eigenvalue weighted by Gasteiger charge is 2.41. The zero-order chi connectivity index (χ0) is 13.9. The average molecular weight is 255 g/mol. The van der Waals surface area contributed by atoms with E-state index in [4.69, 9.17) is 0 Å². The first-order valence-electron chi connectivity index (χ1n) is 5.84. The minimum absolute atomic E-state index is 0.0244. The summed E-state index contributed by atoms with van der Waals surface area (Å²) in [6.07, 6.45) is -1.21. The van der Waals surface area contributed by atoms with E-state index in [0.29, 0.717) is 0 Å². The van der Waals surface area contributed by atoms with Crippen molar-refractivity contribution in [2.75, 3.05) is 0 Å². The van der Waals surface area contributed by atoms with Crippen LogP contribution >= 0.6 is 0 Å². The van der Waals surface area contributed by atoms with Gasteiger partial charge in [-0.2, -0.15) is 0 Å². The summed E-state index contributed by atoms with van der Waals surface area (Å²) in [4.78, 5) is 12.1. The lowest BCUT2D eigenvalue weighted by Crippen LogP contribution is -2.52. The van der Waals surface area contributed by atoms with E-state index >= 15 is 0 Å². The molecule has 4 nitrogen and oxygen atoms in total. The molecule has 0 aliphatic carbocycles. The molecule has 0 aliphatic heterocycles. The van der Waals surface area contributed by atoms with E-state index in [0.717, 1.165) is 4.90 Å². The summed E-state index contributed by atoms with van der Waals surface area (Å²) in [6.45, 7) is 4.88. The van der Waals surface area contributed by atoms with Crippen molar-refractivity contribution < 1.29 is 19.4 Å². The Balaban J connectivity index is 3.36. The number of carboxylic acid groups (broad SMARTS) is 1. The van der Waals surface area contributed by atoms with Crippen LogP contribution in [0.4, 0.5) is 9.18 Å². The number of aliphatic hydroxyl groups is 1. The maximum atomic E-state index is 13.8. The second kappa shape index (κ2) is 5.35. The van der Waals surface area contributed by atoms with Gasteiger partial charge in [0, 0.05) is 11.6 Å². The predicted molar refractivity (Wildman–Crippen MR) is 65.6 cm³/mol. The number of halogens is 1. The number of hydrogen-bond acceptors (Lipinski definition) is 2. The second-order valence-corrected chi connectivity index (χ2v) is 4.40. The summed E-state index contributed by atoms with van der Waals surface area (Å²) in [7, 11) is 0. The zero-order valence-corrected chi connectivity index (χ0v) is 10.7. The van der Waals surface area contributed by atoms with Gasteiger partial charge in [0.1, 0.15) is 5.82 Å². The summed E-state index contributed by atoms with van der Waals surface area (Å²) in [6, 6.07) is 5.20. The molecule has 1 rings (SSSR count). The third kappa shape index (κ3) is 2.46. The van der Waals surface area contributed by atoms with Crippen LogP contribution in [-0.4, -0.2) is 27.2 Å². The van der Waals surface area contributed by atoms with Gasteiger partial charge in [0.2, 0.25) is 0 Å². The maximum Gasteiger partial charge on any atom is 0.410 e. The molecule has 0 radical (unpaired) electrons. The van der Waals surface area contributed by atoms with Crippen LogP contribution in [0.15, 0.2) is 24.3 Å². The molecule has 1 atom stereocenters. The fraction of sp³-hybridized carbons (Fsp3) is 0.462. The topological polar surface area (TPSA) is 60.8 Å². The molecule has 18 heavy (non-hydrogen) atoms. The van der Waals surface area contributed by atoms with Crippen molar-refractivity contribution in [3.8, 4) is 0 Å². The van der Waals surface area contributed by atoms with Crippen LogP contribution in [-0.2, 0) is 5.72 Å². The first kappa shape index (κ1) is 14.4. The number of benzene rings is 1. The number of rotatable bonds is 4. The molecule has 0 aliphatic rings. The van der Waals surface area contributed by atoms with Crippen molar-refractivity contribution in [3.05, 3.63) is 35.6 Å². The molecule has 5 heteroatoms. The van der Waals surface area contributed by atoms with Gasteiger partial charge < -0.3 is 10.2 Å². The van der Waals surface area contributed by atoms with Gasteiger partial charge in [0.25, 0.3) is 0 Å². The molecule has 100 valence electrons. The Bertz CT molecular complexity index is 436. The lowest BCUT2D eigenvalue weighted by atomic mass is 9.96. The van der Waals surface area contributed by atoms with Crippen molar-refractivity contribution in [3.63, 3.8) is 0 Å². The monoisotopic (exact) mass is 255 g/mol. The van der Waals surface area contributed by atoms with Crippen molar-refractivity contribution in [1.29, 1.82) is 0 Å². The molecule has 1 amide bonds. The van der Waals surface area contributed by atoms with Gasteiger partial charge in [-0.15, -0.1) is 0 Å². The standard InChI is InChI=1S/C13H18FNO3/c1-4-13(18,15(9(2)3)12(16)17)10-7-5-6-8-11(10)14/h5-9,18H,4H2,1-3H3,(H,16,17)/t13-/m0/s1. The first-order valence-corrected chi connectivity index (χ1v) is 5.84. The van der Waals surface area contributed by atoms with Crippen molar-refractivity contribution in [2.45, 2.75) is 39.0 Å². The lowest BCUT2D eigenvalue weighted by Gasteiger charge is -2.40. The molecule has 0 bridgehead atoms. The molecule has 0 saturated carbocycles. The van der Waals surface area contributed by atoms with Gasteiger partial charge in [-0.05, 0) is 26.3 Å². The van der Waals surface area contributed by atoms with Crippen LogP contribution in [0.5, 0.6) is 0 Å². The van der Waals surface area contributed by atoms with Crippen LogP contribution in [0.25, 0.3) is 0 Å². The van der Waals surface area contributed by atoms with Gasteiger partial charge >= 0.3 is 6.09 Å². The highest BCUT2D eigenvalue weighted by Crippen LogP contribution is 2.32. The van der Waals surface area contributed by atoms with Crippen molar-refractivity contribution in [1.82, 2.24) is 4.90 Å². The Morgan fingerprint density at radius 2 is 2.00 bits per heavy atom. The van der Waals surface area contributed by atoms with Gasteiger partial charge in [0.15, 0.2) is 5.72 Å². The summed E-state index contributed by atoms with van der Waals surface area (Å²) in [5.41, 5.74) is -1.88. The summed E-state index contributed by atoms with van der Waals surface area (Å²) in [5, 5.41) is 19.8. The summed E-state index contributed by atoms with van der Waals surface area (Å²) in [5.74, 6) is -0.617. The molecular formula is C13H18FNO3. The number of nitrogens with zero attached hydrogens (tertiary/aromatic N) is 1. The van der Waals surface area contributed by atoms with Gasteiger partial charge in [-0.3, -0.25) is 4.90 Å². The van der Waals surface area contributed by atoms with Crippen molar-refractivity contribution >= 4 is 6.09 Å². The zero-order valence-electron chi connectivity index (χ0n) is 10.7. The van der Waals surface area contributed by atoms with E-state index in [-0.39, 0.29) is 12.0 Å². The number of hydrogen-bond donors (Lipinski definition) is 2. The Kier molecular flexibility index (Phi) is 4.29. The Morgan fingerprint density at radius 3 is 2.39 bits per heavy atom. The summed E-state index contributed by atoms with van der Waals surface area (Å²) < 4.78 is 13.8. The minimum atomic E-state index is -1.86. The van der Waals surface area contributed by atoms with Crippen LogP contribution in [0.1, 0.15) is 32.8 Å². The third-order valence-corrected chi connectivity index (χ3v) is 2.92. The Hall–Kier alpha value is -1.62. The third-order valence-electron chi connectivity index (χ3n) is 2.92. The smallest absolute Gasteiger partial charge is 0.410 e. The molecule has 0 fully saturated rings. The van der Waals surface area contributed by atoms with Crippen LogP contribution in [0.3, 0.4) is 0 Å². The summed E-state index contributed by atoms with van der Waals surface area (Å²) >= 11 is 0. The minimum Gasteiger partial charge on any atom is -0.465 e. The van der Waals surface area contributed by atoms with E-state index in [9.17, 15) is 19.4 Å². The Labute approximate surface area is 106 Å². The molecule has 1 aromatic carbocycles. The molecule has 0 saturated heterocycles. The highest BCUT2D eigenvalue weighted by molar-refractivity contribution is 5.66. The highest BCUT2D eigenvalue weighted by atomic mass is 19.1. The normalized spacial score (nSPS) is 14.3. The van der Waals surface area contributed by atoms with Crippen LogP contribution < -0.4 is 0 Å². The van der Waals surface area contributed by atoms with Crippen LogP contribution in [0.2, 0.25) is 0 Å². The molecule has 2 N–H and O–H groups in total. The molecular weight excluding hydrogens is 237 g/mol. The quantitative estimate of drug-likeness (QED) is 0.813. The molecule has 0 heterocycles. The molecule has 0 unspecified atom stereocenters. The SMILES string of the molecule is CC[C@](O)(c1ccccc1F)N(C(=O)O)C(C)C.